The van der Waals surface area contributed by atoms with Gasteiger partial charge in [0.05, 0.1) is 11.6 Å². The van der Waals surface area contributed by atoms with Crippen molar-refractivity contribution in [2.45, 2.75) is 77.3 Å². The SMILES string of the molecule is Cc1ccc2cc(C(c3nnnn3C3CCCCC3)N3CCCCC3)c(=O)[nH]c2c1C. The molecule has 1 aliphatic heterocycles. The van der Waals surface area contributed by atoms with Crippen LogP contribution in [0.1, 0.15) is 86.0 Å². The van der Waals surface area contributed by atoms with E-state index < -0.39 is 0 Å². The maximum Gasteiger partial charge on any atom is 0.253 e. The molecule has 7 heteroatoms. The van der Waals surface area contributed by atoms with Crippen LogP contribution in [0.4, 0.5) is 0 Å². The summed E-state index contributed by atoms with van der Waals surface area (Å²) in [5, 5.41) is 14.1. The molecule has 7 nitrogen and oxygen atoms in total. The number of H-pyrrole nitrogens is 1. The number of benzene rings is 1. The molecule has 0 bridgehead atoms. The van der Waals surface area contributed by atoms with Gasteiger partial charge in [0.25, 0.3) is 5.56 Å². The number of pyridine rings is 1. The van der Waals surface area contributed by atoms with Gasteiger partial charge in [0.15, 0.2) is 5.82 Å². The van der Waals surface area contributed by atoms with Gasteiger partial charge in [-0.15, -0.1) is 5.10 Å². The summed E-state index contributed by atoms with van der Waals surface area (Å²) in [4.78, 5) is 19.0. The number of piperidine rings is 1. The normalized spacial score (nSPS) is 19.7. The van der Waals surface area contributed by atoms with E-state index in [-0.39, 0.29) is 11.6 Å². The Labute approximate surface area is 182 Å². The van der Waals surface area contributed by atoms with Gasteiger partial charge >= 0.3 is 0 Å². The fourth-order valence-electron chi connectivity index (χ4n) is 5.39. The van der Waals surface area contributed by atoms with Crippen LogP contribution in [0.15, 0.2) is 23.0 Å². The molecular weight excluding hydrogens is 388 g/mol. The standard InChI is InChI=1S/C24H32N6O/c1-16-11-12-18-15-20(24(31)25-21(18)17(16)2)22(29-13-7-4-8-14-29)23-26-27-28-30(23)19-9-5-3-6-10-19/h11-12,15,19,22H,3-10,13-14H2,1-2H3,(H,25,31). The molecule has 1 saturated heterocycles. The number of aryl methyl sites for hydroxylation is 2. The van der Waals surface area contributed by atoms with Gasteiger partial charge in [-0.2, -0.15) is 0 Å². The van der Waals surface area contributed by atoms with E-state index in [1.165, 1.54) is 31.2 Å². The lowest BCUT2D eigenvalue weighted by atomic mass is 9.94. The zero-order valence-corrected chi connectivity index (χ0v) is 18.6. The molecule has 5 rings (SSSR count). The molecule has 1 saturated carbocycles. The van der Waals surface area contributed by atoms with Crippen LogP contribution in [0.25, 0.3) is 10.9 Å². The third kappa shape index (κ3) is 3.80. The number of hydrogen-bond donors (Lipinski definition) is 1. The van der Waals surface area contributed by atoms with E-state index in [9.17, 15) is 4.79 Å². The number of aromatic nitrogens is 5. The monoisotopic (exact) mass is 420 g/mol. The predicted octanol–water partition coefficient (Wildman–Crippen LogP) is 4.21. The summed E-state index contributed by atoms with van der Waals surface area (Å²) in [5.41, 5.74) is 3.96. The van der Waals surface area contributed by atoms with Crippen LogP contribution in [0, 0.1) is 13.8 Å². The molecule has 2 aromatic heterocycles. The summed E-state index contributed by atoms with van der Waals surface area (Å²) in [5.74, 6) is 0.822. The Hall–Kier alpha value is -2.54. The highest BCUT2D eigenvalue weighted by molar-refractivity contribution is 5.83. The number of rotatable bonds is 4. The largest absolute Gasteiger partial charge is 0.321 e. The molecule has 3 heterocycles. The van der Waals surface area contributed by atoms with Crippen molar-refractivity contribution in [3.63, 3.8) is 0 Å². The Balaban J connectivity index is 1.65. The van der Waals surface area contributed by atoms with Crippen molar-refractivity contribution in [3.8, 4) is 0 Å². The fraction of sp³-hybridized carbons (Fsp3) is 0.583. The van der Waals surface area contributed by atoms with Crippen LogP contribution >= 0.6 is 0 Å². The van der Waals surface area contributed by atoms with E-state index in [0.717, 1.165) is 66.6 Å². The Kier molecular flexibility index (Phi) is 5.61. The average molecular weight is 421 g/mol. The molecule has 1 unspecified atom stereocenters. The number of tetrazole rings is 1. The highest BCUT2D eigenvalue weighted by atomic mass is 16.1. The molecule has 2 aliphatic rings. The van der Waals surface area contributed by atoms with E-state index in [1.807, 2.05) is 4.68 Å². The Morgan fingerprint density at radius 3 is 2.55 bits per heavy atom. The Bertz CT molecular complexity index is 1120. The van der Waals surface area contributed by atoms with E-state index in [1.54, 1.807) is 0 Å². The molecule has 1 aromatic carbocycles. The zero-order valence-electron chi connectivity index (χ0n) is 18.6. The number of likely N-dealkylation sites (tertiary alicyclic amines) is 1. The minimum absolute atomic E-state index is 0.0324. The Morgan fingerprint density at radius 2 is 1.77 bits per heavy atom. The molecule has 164 valence electrons. The molecule has 1 aliphatic carbocycles. The first-order valence-electron chi connectivity index (χ1n) is 11.8. The molecule has 0 radical (unpaired) electrons. The lowest BCUT2D eigenvalue weighted by Gasteiger charge is -2.34. The number of fused-ring (bicyclic) bond motifs is 1. The highest BCUT2D eigenvalue weighted by Gasteiger charge is 2.33. The van der Waals surface area contributed by atoms with Gasteiger partial charge in [-0.05, 0) is 85.6 Å². The summed E-state index contributed by atoms with van der Waals surface area (Å²) in [6, 6.07) is 6.41. The predicted molar refractivity (Wildman–Crippen MR) is 121 cm³/mol. The second kappa shape index (κ2) is 8.54. The van der Waals surface area contributed by atoms with Gasteiger partial charge in [0.2, 0.25) is 0 Å². The van der Waals surface area contributed by atoms with Gasteiger partial charge in [0.1, 0.15) is 6.04 Å². The molecule has 1 atom stereocenters. The molecule has 1 N–H and O–H groups in total. The van der Waals surface area contributed by atoms with Crippen molar-refractivity contribution in [1.82, 2.24) is 30.1 Å². The minimum atomic E-state index is -0.216. The van der Waals surface area contributed by atoms with Crippen molar-refractivity contribution >= 4 is 10.9 Å². The second-order valence-corrected chi connectivity index (χ2v) is 9.30. The Morgan fingerprint density at radius 1 is 1.03 bits per heavy atom. The van der Waals surface area contributed by atoms with Crippen molar-refractivity contribution in [1.29, 1.82) is 0 Å². The number of hydrogen-bond acceptors (Lipinski definition) is 5. The number of aromatic amines is 1. The van der Waals surface area contributed by atoms with Gasteiger partial charge in [-0.3, -0.25) is 9.69 Å². The smallest absolute Gasteiger partial charge is 0.253 e. The molecule has 0 spiro atoms. The lowest BCUT2D eigenvalue weighted by Crippen LogP contribution is -2.39. The lowest BCUT2D eigenvalue weighted by molar-refractivity contribution is 0.171. The molecular formula is C24H32N6O. The van der Waals surface area contributed by atoms with Gasteiger partial charge in [-0.1, -0.05) is 37.8 Å². The summed E-state index contributed by atoms with van der Waals surface area (Å²) in [7, 11) is 0. The highest BCUT2D eigenvalue weighted by Crippen LogP contribution is 2.34. The van der Waals surface area contributed by atoms with E-state index in [4.69, 9.17) is 0 Å². The minimum Gasteiger partial charge on any atom is -0.321 e. The molecule has 3 aromatic rings. The second-order valence-electron chi connectivity index (χ2n) is 9.30. The summed E-state index contributed by atoms with van der Waals surface area (Å²) >= 11 is 0. The van der Waals surface area contributed by atoms with Crippen molar-refractivity contribution in [3.05, 3.63) is 51.1 Å². The first-order valence-corrected chi connectivity index (χ1v) is 11.8. The van der Waals surface area contributed by atoms with Gasteiger partial charge in [0, 0.05) is 5.56 Å². The van der Waals surface area contributed by atoms with Crippen molar-refractivity contribution in [2.75, 3.05) is 13.1 Å². The topological polar surface area (TPSA) is 79.7 Å². The summed E-state index contributed by atoms with van der Waals surface area (Å²) < 4.78 is 2.03. The average Bonchev–Trinajstić information content (AvgIpc) is 3.28. The fourth-order valence-corrected chi connectivity index (χ4v) is 5.39. The summed E-state index contributed by atoms with van der Waals surface area (Å²) in [6.07, 6.45) is 9.46. The number of nitrogens with one attached hydrogen (secondary N) is 1. The first kappa shape index (κ1) is 20.4. The van der Waals surface area contributed by atoms with Gasteiger partial charge < -0.3 is 4.98 Å². The third-order valence-corrected chi connectivity index (χ3v) is 7.31. The maximum absolute atomic E-state index is 13.4. The van der Waals surface area contributed by atoms with Crippen LogP contribution in [0.3, 0.4) is 0 Å². The van der Waals surface area contributed by atoms with Crippen LogP contribution in [0.5, 0.6) is 0 Å². The van der Waals surface area contributed by atoms with Crippen LogP contribution in [-0.4, -0.2) is 43.2 Å². The number of nitrogens with zero attached hydrogens (tertiary/aromatic N) is 5. The van der Waals surface area contributed by atoms with Crippen molar-refractivity contribution in [2.24, 2.45) is 0 Å². The van der Waals surface area contributed by atoms with Crippen molar-refractivity contribution < 1.29 is 0 Å². The van der Waals surface area contributed by atoms with E-state index in [2.05, 4.69) is 57.5 Å². The van der Waals surface area contributed by atoms with Crippen LogP contribution in [-0.2, 0) is 0 Å². The maximum atomic E-state index is 13.4. The van der Waals surface area contributed by atoms with E-state index >= 15 is 0 Å². The quantitative estimate of drug-likeness (QED) is 0.684. The zero-order chi connectivity index (χ0) is 21.4. The molecule has 0 amide bonds. The molecule has 2 fully saturated rings. The van der Waals surface area contributed by atoms with Crippen LogP contribution < -0.4 is 5.56 Å². The molecule has 31 heavy (non-hydrogen) atoms. The first-order chi connectivity index (χ1) is 15.1. The third-order valence-electron chi connectivity index (χ3n) is 7.31. The van der Waals surface area contributed by atoms with E-state index in [0.29, 0.717) is 6.04 Å². The summed E-state index contributed by atoms with van der Waals surface area (Å²) in [6.45, 7) is 6.08. The van der Waals surface area contributed by atoms with Gasteiger partial charge in [-0.25, -0.2) is 4.68 Å². The van der Waals surface area contributed by atoms with Crippen LogP contribution in [0.2, 0.25) is 0 Å².